The van der Waals surface area contributed by atoms with Gasteiger partial charge in [-0.3, -0.25) is 14.9 Å². The summed E-state index contributed by atoms with van der Waals surface area (Å²) in [4.78, 5) is 23.2. The maximum Gasteiger partial charge on any atom is 0.290 e. The molecule has 0 spiro atoms. The van der Waals surface area contributed by atoms with Crippen molar-refractivity contribution in [1.82, 2.24) is 5.32 Å². The number of amides is 2. The molecule has 0 saturated carbocycles. The number of carbonyl (C=O) groups excluding carboxylic acids is 2. The second kappa shape index (κ2) is 8.63. The van der Waals surface area contributed by atoms with Crippen LogP contribution in [0.25, 0.3) is 6.08 Å². The molecule has 0 unspecified atom stereocenters. The molecule has 1 aromatic rings. The third-order valence-electron chi connectivity index (χ3n) is 3.35. The average Bonchev–Trinajstić information content (AvgIpc) is 2.82. The van der Waals surface area contributed by atoms with Crippen molar-refractivity contribution in [3.05, 3.63) is 34.7 Å². The Hall–Kier alpha value is -1.75. The van der Waals surface area contributed by atoms with Crippen LogP contribution in [0, 0.1) is 0 Å². The van der Waals surface area contributed by atoms with Gasteiger partial charge in [-0.1, -0.05) is 50.8 Å². The molecule has 1 heterocycles. The largest absolute Gasteiger partial charge is 0.493 e. The van der Waals surface area contributed by atoms with Gasteiger partial charge in [-0.2, -0.15) is 0 Å². The van der Waals surface area contributed by atoms with E-state index in [4.69, 9.17) is 4.74 Å². The maximum absolute atomic E-state index is 11.6. The predicted octanol–water partition coefficient (Wildman–Crippen LogP) is 4.36. The number of ether oxygens (including phenoxy) is 1. The van der Waals surface area contributed by atoms with Gasteiger partial charge in [0.2, 0.25) is 0 Å². The van der Waals surface area contributed by atoms with E-state index in [1.54, 1.807) is 6.08 Å². The second-order valence-electron chi connectivity index (χ2n) is 5.15. The number of hydrogen-bond donors (Lipinski definition) is 1. The maximum atomic E-state index is 11.6. The van der Waals surface area contributed by atoms with Gasteiger partial charge in [-0.25, -0.2) is 0 Å². The van der Waals surface area contributed by atoms with E-state index < -0.39 is 0 Å². The second-order valence-corrected chi connectivity index (χ2v) is 6.17. The van der Waals surface area contributed by atoms with Gasteiger partial charge in [0.25, 0.3) is 11.1 Å². The summed E-state index contributed by atoms with van der Waals surface area (Å²) in [5, 5.41) is 1.93. The lowest BCUT2D eigenvalue weighted by Crippen LogP contribution is -2.17. The normalized spacial score (nSPS) is 16.1. The SMILES string of the molecule is CCCCCCCOc1ccccc1/C=C1\SC(=O)NC1=O. The van der Waals surface area contributed by atoms with E-state index in [-0.39, 0.29) is 11.1 Å². The number of thioether (sulfide) groups is 1. The molecule has 1 aromatic carbocycles. The average molecular weight is 319 g/mol. The smallest absolute Gasteiger partial charge is 0.290 e. The number of rotatable bonds is 8. The van der Waals surface area contributed by atoms with Gasteiger partial charge >= 0.3 is 0 Å². The van der Waals surface area contributed by atoms with E-state index in [0.717, 1.165) is 29.5 Å². The van der Waals surface area contributed by atoms with E-state index in [1.165, 1.54) is 25.7 Å². The highest BCUT2D eigenvalue weighted by atomic mass is 32.2. The first-order valence-electron chi connectivity index (χ1n) is 7.67. The molecule has 22 heavy (non-hydrogen) atoms. The molecule has 2 rings (SSSR count). The third-order valence-corrected chi connectivity index (χ3v) is 4.16. The van der Waals surface area contributed by atoms with E-state index in [0.29, 0.717) is 11.5 Å². The van der Waals surface area contributed by atoms with Gasteiger partial charge in [0.1, 0.15) is 5.75 Å². The summed E-state index contributed by atoms with van der Waals surface area (Å²) in [5.41, 5.74) is 0.823. The Bertz CT molecular complexity index is 569. The zero-order valence-electron chi connectivity index (χ0n) is 12.8. The number of imide groups is 1. The van der Waals surface area contributed by atoms with Crippen LogP contribution >= 0.6 is 11.8 Å². The Balaban J connectivity index is 1.94. The molecule has 2 amide bonds. The Morgan fingerprint density at radius 1 is 1.14 bits per heavy atom. The first-order valence-corrected chi connectivity index (χ1v) is 8.49. The molecule has 1 aliphatic rings. The van der Waals surface area contributed by atoms with Gasteiger partial charge in [-0.15, -0.1) is 0 Å². The minimum Gasteiger partial charge on any atom is -0.493 e. The van der Waals surface area contributed by atoms with Crippen LogP contribution in [0.15, 0.2) is 29.2 Å². The number of hydrogen-bond acceptors (Lipinski definition) is 4. The lowest BCUT2D eigenvalue weighted by atomic mass is 10.1. The number of benzene rings is 1. The minimum atomic E-state index is -0.343. The number of para-hydroxylation sites is 1. The highest BCUT2D eigenvalue weighted by molar-refractivity contribution is 8.18. The van der Waals surface area contributed by atoms with Crippen LogP contribution in [-0.2, 0) is 4.79 Å². The standard InChI is InChI=1S/C17H21NO3S/c1-2-3-4-5-8-11-21-14-10-7-6-9-13(14)12-15-16(19)18-17(20)22-15/h6-7,9-10,12H,2-5,8,11H2,1H3,(H,18,19,20)/b15-12-. The molecular weight excluding hydrogens is 298 g/mol. The predicted molar refractivity (Wildman–Crippen MR) is 89.8 cm³/mol. The fourth-order valence-corrected chi connectivity index (χ4v) is 2.85. The Labute approximate surface area is 135 Å². The quantitative estimate of drug-likeness (QED) is 0.571. The van der Waals surface area contributed by atoms with Gasteiger partial charge in [-0.05, 0) is 30.3 Å². The van der Waals surface area contributed by atoms with Gasteiger partial charge < -0.3 is 4.74 Å². The summed E-state index contributed by atoms with van der Waals surface area (Å²) in [6.45, 7) is 2.87. The first kappa shape index (κ1) is 16.6. The molecule has 5 heteroatoms. The summed E-state index contributed by atoms with van der Waals surface area (Å²) in [6, 6.07) is 7.56. The number of unbranched alkanes of at least 4 members (excludes halogenated alkanes) is 4. The van der Waals surface area contributed by atoms with Crippen LogP contribution < -0.4 is 10.1 Å². The third kappa shape index (κ3) is 4.91. The highest BCUT2D eigenvalue weighted by Crippen LogP contribution is 2.29. The fraction of sp³-hybridized carbons (Fsp3) is 0.412. The van der Waals surface area contributed by atoms with Crippen LogP contribution in [0.2, 0.25) is 0 Å². The molecular formula is C17H21NO3S. The Morgan fingerprint density at radius 2 is 1.91 bits per heavy atom. The van der Waals surface area contributed by atoms with Gasteiger partial charge in [0, 0.05) is 5.56 Å². The molecule has 1 aliphatic heterocycles. The van der Waals surface area contributed by atoms with Crippen LogP contribution in [0.3, 0.4) is 0 Å². The Morgan fingerprint density at radius 3 is 2.64 bits per heavy atom. The van der Waals surface area contributed by atoms with Crippen molar-refractivity contribution in [2.45, 2.75) is 39.0 Å². The van der Waals surface area contributed by atoms with Crippen LogP contribution in [0.4, 0.5) is 4.79 Å². The molecule has 1 fully saturated rings. The summed E-state index contributed by atoms with van der Waals surface area (Å²) >= 11 is 0.921. The van der Waals surface area contributed by atoms with Crippen molar-refractivity contribution in [3.63, 3.8) is 0 Å². The molecule has 118 valence electrons. The van der Waals surface area contributed by atoms with Crippen LogP contribution in [0.1, 0.15) is 44.6 Å². The van der Waals surface area contributed by atoms with E-state index in [2.05, 4.69) is 12.2 Å². The Kier molecular flexibility index (Phi) is 6.52. The van der Waals surface area contributed by atoms with Crippen LogP contribution in [0.5, 0.6) is 5.75 Å². The molecule has 1 saturated heterocycles. The van der Waals surface area contributed by atoms with E-state index in [1.807, 2.05) is 24.3 Å². The molecule has 0 atom stereocenters. The van der Waals surface area contributed by atoms with Crippen molar-refractivity contribution in [2.75, 3.05) is 6.61 Å². The molecule has 1 N–H and O–H groups in total. The van der Waals surface area contributed by atoms with Crippen molar-refractivity contribution >= 4 is 29.0 Å². The van der Waals surface area contributed by atoms with Crippen molar-refractivity contribution in [1.29, 1.82) is 0 Å². The monoisotopic (exact) mass is 319 g/mol. The topological polar surface area (TPSA) is 55.4 Å². The zero-order valence-corrected chi connectivity index (χ0v) is 13.6. The molecule has 0 radical (unpaired) electrons. The van der Waals surface area contributed by atoms with Crippen molar-refractivity contribution in [3.8, 4) is 5.75 Å². The highest BCUT2D eigenvalue weighted by Gasteiger charge is 2.25. The minimum absolute atomic E-state index is 0.328. The van der Waals surface area contributed by atoms with E-state index in [9.17, 15) is 9.59 Å². The summed E-state index contributed by atoms with van der Waals surface area (Å²) in [6.07, 6.45) is 7.64. The molecule has 0 aromatic heterocycles. The molecule has 4 nitrogen and oxygen atoms in total. The lowest BCUT2D eigenvalue weighted by molar-refractivity contribution is -0.115. The molecule has 0 aliphatic carbocycles. The fourth-order valence-electron chi connectivity index (χ4n) is 2.18. The zero-order chi connectivity index (χ0) is 15.8. The number of nitrogens with one attached hydrogen (secondary N) is 1. The first-order chi connectivity index (χ1) is 10.7. The summed E-state index contributed by atoms with van der Waals surface area (Å²) in [7, 11) is 0. The molecule has 0 bridgehead atoms. The van der Waals surface area contributed by atoms with E-state index >= 15 is 0 Å². The van der Waals surface area contributed by atoms with Gasteiger partial charge in [0.05, 0.1) is 11.5 Å². The van der Waals surface area contributed by atoms with Gasteiger partial charge in [0.15, 0.2) is 0 Å². The lowest BCUT2D eigenvalue weighted by Gasteiger charge is -2.09. The van der Waals surface area contributed by atoms with Crippen molar-refractivity contribution in [2.24, 2.45) is 0 Å². The van der Waals surface area contributed by atoms with Crippen LogP contribution in [-0.4, -0.2) is 17.8 Å². The summed E-state index contributed by atoms with van der Waals surface area (Å²) < 4.78 is 5.82. The summed E-state index contributed by atoms with van der Waals surface area (Å²) in [5.74, 6) is 0.405. The van der Waals surface area contributed by atoms with Crippen molar-refractivity contribution < 1.29 is 14.3 Å². The number of carbonyl (C=O) groups is 2.